The van der Waals surface area contributed by atoms with Gasteiger partial charge in [0.15, 0.2) is 6.61 Å². The Labute approximate surface area is 143 Å². The van der Waals surface area contributed by atoms with E-state index >= 15 is 0 Å². The minimum atomic E-state index is -0.324. The molecule has 0 saturated heterocycles. The quantitative estimate of drug-likeness (QED) is 0.687. The topological polar surface area (TPSA) is 55.8 Å². The molecule has 0 radical (unpaired) electrons. The number of esters is 1. The summed E-state index contributed by atoms with van der Waals surface area (Å²) in [6, 6.07) is 6.04. The molecule has 5 heteroatoms. The molecule has 1 aromatic rings. The van der Waals surface area contributed by atoms with Gasteiger partial charge in [0, 0.05) is 12.6 Å². The van der Waals surface area contributed by atoms with Crippen molar-refractivity contribution in [2.45, 2.75) is 46.6 Å². The average Bonchev–Trinajstić information content (AvgIpc) is 3.38. The zero-order chi connectivity index (χ0) is 17.7. The summed E-state index contributed by atoms with van der Waals surface area (Å²) in [5, 5.41) is 0. The fraction of sp³-hybridized carbons (Fsp3) is 0.579. The second-order valence-corrected chi connectivity index (χ2v) is 6.42. The lowest BCUT2D eigenvalue weighted by Crippen LogP contribution is -2.41. The van der Waals surface area contributed by atoms with E-state index in [1.807, 2.05) is 32.0 Å². The Morgan fingerprint density at radius 3 is 2.62 bits per heavy atom. The predicted molar refractivity (Wildman–Crippen MR) is 91.9 cm³/mol. The Balaban J connectivity index is 1.94. The van der Waals surface area contributed by atoms with Crippen molar-refractivity contribution in [3.05, 3.63) is 29.3 Å². The molecule has 1 unspecified atom stereocenters. The minimum Gasteiger partial charge on any atom is -0.483 e. The van der Waals surface area contributed by atoms with Crippen LogP contribution >= 0.6 is 0 Å². The summed E-state index contributed by atoms with van der Waals surface area (Å²) in [7, 11) is 0. The molecular weight excluding hydrogens is 306 g/mol. The molecule has 132 valence electrons. The highest BCUT2D eigenvalue weighted by atomic mass is 16.5. The Hall–Kier alpha value is -2.04. The lowest BCUT2D eigenvalue weighted by Gasteiger charge is -2.25. The average molecular weight is 333 g/mol. The molecule has 2 rings (SSSR count). The van der Waals surface area contributed by atoms with Crippen molar-refractivity contribution in [3.8, 4) is 5.75 Å². The van der Waals surface area contributed by atoms with Crippen molar-refractivity contribution in [2.75, 3.05) is 19.8 Å². The lowest BCUT2D eigenvalue weighted by molar-refractivity contribution is -0.149. The van der Waals surface area contributed by atoms with Crippen LogP contribution < -0.4 is 4.74 Å². The monoisotopic (exact) mass is 333 g/mol. The van der Waals surface area contributed by atoms with Crippen molar-refractivity contribution >= 4 is 11.9 Å². The first-order valence-corrected chi connectivity index (χ1v) is 8.59. The van der Waals surface area contributed by atoms with Crippen LogP contribution in [0.2, 0.25) is 0 Å². The molecule has 1 saturated carbocycles. The molecule has 1 aliphatic carbocycles. The number of hydrogen-bond acceptors (Lipinski definition) is 4. The number of nitrogens with zero attached hydrogens (tertiary/aromatic N) is 1. The van der Waals surface area contributed by atoms with Crippen LogP contribution in [0.1, 0.15) is 37.8 Å². The van der Waals surface area contributed by atoms with E-state index in [1.54, 1.807) is 18.7 Å². The molecular formula is C19H27NO4. The third kappa shape index (κ3) is 4.73. The van der Waals surface area contributed by atoms with E-state index in [2.05, 4.69) is 0 Å². The van der Waals surface area contributed by atoms with Gasteiger partial charge in [-0.05, 0) is 50.8 Å². The molecule has 24 heavy (non-hydrogen) atoms. The van der Waals surface area contributed by atoms with Crippen LogP contribution in [0, 0.1) is 19.8 Å². The van der Waals surface area contributed by atoms with Crippen LogP contribution in [0.15, 0.2) is 18.2 Å². The van der Waals surface area contributed by atoms with Crippen LogP contribution in [0.5, 0.6) is 5.75 Å². The molecule has 0 heterocycles. The van der Waals surface area contributed by atoms with E-state index in [9.17, 15) is 9.59 Å². The van der Waals surface area contributed by atoms with E-state index in [0.717, 1.165) is 29.7 Å². The number of hydrogen-bond donors (Lipinski definition) is 0. The summed E-state index contributed by atoms with van der Waals surface area (Å²) in [4.78, 5) is 26.1. The Morgan fingerprint density at radius 2 is 2.00 bits per heavy atom. The summed E-state index contributed by atoms with van der Waals surface area (Å²) in [5.74, 6) is 0.0775. The van der Waals surface area contributed by atoms with Crippen molar-refractivity contribution in [1.82, 2.24) is 4.90 Å². The summed E-state index contributed by atoms with van der Waals surface area (Å²) in [6.07, 6.45) is 1.98. The zero-order valence-corrected chi connectivity index (χ0v) is 15.0. The first kappa shape index (κ1) is 18.3. The van der Waals surface area contributed by atoms with Gasteiger partial charge < -0.3 is 14.4 Å². The maximum atomic E-state index is 12.6. The van der Waals surface area contributed by atoms with Gasteiger partial charge in [-0.25, -0.2) is 0 Å². The second kappa shape index (κ2) is 8.18. The number of carbonyl (C=O) groups is 2. The van der Waals surface area contributed by atoms with Crippen molar-refractivity contribution in [1.29, 1.82) is 0 Å². The molecule has 0 spiro atoms. The molecule has 1 fully saturated rings. The Bertz CT molecular complexity index is 595. The van der Waals surface area contributed by atoms with E-state index in [1.165, 1.54) is 0 Å². The normalized spacial score (nSPS) is 14.8. The number of amides is 1. The third-order valence-electron chi connectivity index (χ3n) is 4.37. The fourth-order valence-electron chi connectivity index (χ4n) is 2.60. The number of rotatable bonds is 8. The molecule has 1 amide bonds. The maximum absolute atomic E-state index is 12.6. The first-order valence-electron chi connectivity index (χ1n) is 8.59. The van der Waals surface area contributed by atoms with Gasteiger partial charge in [0.05, 0.1) is 12.5 Å². The van der Waals surface area contributed by atoms with Gasteiger partial charge in [-0.15, -0.1) is 0 Å². The summed E-state index contributed by atoms with van der Waals surface area (Å²) < 4.78 is 10.8. The number of ether oxygens (including phenoxy) is 2. The van der Waals surface area contributed by atoms with Crippen LogP contribution in [0.25, 0.3) is 0 Å². The number of aryl methyl sites for hydroxylation is 1. The van der Waals surface area contributed by atoms with Gasteiger partial charge in [0.25, 0.3) is 5.91 Å². The van der Waals surface area contributed by atoms with Crippen molar-refractivity contribution < 1.29 is 19.1 Å². The molecule has 0 aromatic heterocycles. The minimum absolute atomic E-state index is 0.00363. The lowest BCUT2D eigenvalue weighted by atomic mass is 10.1. The van der Waals surface area contributed by atoms with E-state index in [0.29, 0.717) is 13.2 Å². The SMILES string of the molecule is CCOC(=O)C(C)CN(C(=O)COc1cccc(C)c1C)C1CC1. The van der Waals surface area contributed by atoms with Gasteiger partial charge in [0.1, 0.15) is 5.75 Å². The standard InChI is InChI=1S/C19H27NO4/c1-5-23-19(22)14(3)11-20(16-9-10-16)18(21)12-24-17-8-6-7-13(2)15(17)4/h6-8,14,16H,5,9-12H2,1-4H3. The Morgan fingerprint density at radius 1 is 1.29 bits per heavy atom. The van der Waals surface area contributed by atoms with Crippen LogP contribution in [0.4, 0.5) is 0 Å². The highest BCUT2D eigenvalue weighted by Gasteiger charge is 2.34. The molecule has 0 aliphatic heterocycles. The summed E-state index contributed by atoms with van der Waals surface area (Å²) in [6.45, 7) is 8.32. The van der Waals surface area contributed by atoms with Gasteiger partial charge in [-0.1, -0.05) is 19.1 Å². The maximum Gasteiger partial charge on any atom is 0.310 e. The van der Waals surface area contributed by atoms with Crippen LogP contribution in [-0.4, -0.2) is 42.6 Å². The molecule has 5 nitrogen and oxygen atoms in total. The first-order chi connectivity index (χ1) is 11.4. The smallest absolute Gasteiger partial charge is 0.310 e. The van der Waals surface area contributed by atoms with Crippen LogP contribution in [-0.2, 0) is 14.3 Å². The molecule has 0 bridgehead atoms. The van der Waals surface area contributed by atoms with E-state index in [-0.39, 0.29) is 30.4 Å². The predicted octanol–water partition coefficient (Wildman–Crippen LogP) is 2.87. The van der Waals surface area contributed by atoms with E-state index in [4.69, 9.17) is 9.47 Å². The van der Waals surface area contributed by atoms with Crippen molar-refractivity contribution in [3.63, 3.8) is 0 Å². The van der Waals surface area contributed by atoms with Gasteiger partial charge in [-0.2, -0.15) is 0 Å². The number of benzene rings is 1. The summed E-state index contributed by atoms with van der Waals surface area (Å²) >= 11 is 0. The van der Waals surface area contributed by atoms with Crippen LogP contribution in [0.3, 0.4) is 0 Å². The second-order valence-electron chi connectivity index (χ2n) is 6.42. The molecule has 0 N–H and O–H groups in total. The highest BCUT2D eigenvalue weighted by molar-refractivity contribution is 5.80. The summed E-state index contributed by atoms with van der Waals surface area (Å²) in [5.41, 5.74) is 2.18. The Kier molecular flexibility index (Phi) is 6.23. The van der Waals surface area contributed by atoms with Crippen molar-refractivity contribution in [2.24, 2.45) is 5.92 Å². The molecule has 1 aromatic carbocycles. The molecule has 1 atom stereocenters. The zero-order valence-electron chi connectivity index (χ0n) is 15.0. The van der Waals surface area contributed by atoms with Gasteiger partial charge >= 0.3 is 5.97 Å². The molecule has 1 aliphatic rings. The van der Waals surface area contributed by atoms with E-state index < -0.39 is 0 Å². The highest BCUT2D eigenvalue weighted by Crippen LogP contribution is 2.28. The number of carbonyl (C=O) groups excluding carboxylic acids is 2. The van der Waals surface area contributed by atoms with Gasteiger partial charge in [-0.3, -0.25) is 9.59 Å². The largest absolute Gasteiger partial charge is 0.483 e. The van der Waals surface area contributed by atoms with Gasteiger partial charge in [0.2, 0.25) is 0 Å². The third-order valence-corrected chi connectivity index (χ3v) is 4.37. The fourth-order valence-corrected chi connectivity index (χ4v) is 2.60.